The molecule has 0 spiro atoms. The van der Waals surface area contributed by atoms with Crippen LogP contribution in [0.1, 0.15) is 19.4 Å². The Hall–Kier alpha value is -0.290. The maximum absolute atomic E-state index is 11.0. The Morgan fingerprint density at radius 1 is 1.28 bits per heavy atom. The SMILES string of the molecule is CC(C)(COCc1ccccc1Cl)CS(=O)(=O)Cl. The van der Waals surface area contributed by atoms with Crippen molar-refractivity contribution in [3.8, 4) is 0 Å². The van der Waals surface area contributed by atoms with Gasteiger partial charge in [0.15, 0.2) is 0 Å². The molecule has 0 fully saturated rings. The minimum Gasteiger partial charge on any atom is -0.376 e. The first kappa shape index (κ1) is 15.8. The van der Waals surface area contributed by atoms with E-state index >= 15 is 0 Å². The Balaban J connectivity index is 2.49. The van der Waals surface area contributed by atoms with Crippen molar-refractivity contribution in [2.24, 2.45) is 5.41 Å². The van der Waals surface area contributed by atoms with Gasteiger partial charge < -0.3 is 4.74 Å². The fourth-order valence-corrected chi connectivity index (χ4v) is 3.65. The van der Waals surface area contributed by atoms with Crippen LogP contribution in [0.15, 0.2) is 24.3 Å². The van der Waals surface area contributed by atoms with Crippen molar-refractivity contribution in [2.75, 3.05) is 12.4 Å². The van der Waals surface area contributed by atoms with E-state index in [1.807, 2.05) is 18.2 Å². The van der Waals surface area contributed by atoms with Crippen LogP contribution < -0.4 is 0 Å². The van der Waals surface area contributed by atoms with Gasteiger partial charge in [0.25, 0.3) is 0 Å². The van der Waals surface area contributed by atoms with E-state index in [0.29, 0.717) is 18.2 Å². The predicted octanol–water partition coefficient (Wildman–Crippen LogP) is 3.45. The largest absolute Gasteiger partial charge is 0.376 e. The van der Waals surface area contributed by atoms with Gasteiger partial charge >= 0.3 is 0 Å². The second-order valence-corrected chi connectivity index (χ2v) is 8.12. The van der Waals surface area contributed by atoms with Crippen molar-refractivity contribution in [3.05, 3.63) is 34.9 Å². The van der Waals surface area contributed by atoms with Crippen molar-refractivity contribution >= 4 is 31.3 Å². The Morgan fingerprint density at radius 2 is 1.89 bits per heavy atom. The lowest BCUT2D eigenvalue weighted by Crippen LogP contribution is -2.27. The zero-order chi connectivity index (χ0) is 13.8. The molecular weight excluding hydrogens is 295 g/mol. The highest BCUT2D eigenvalue weighted by atomic mass is 35.7. The first-order valence-electron chi connectivity index (χ1n) is 5.43. The molecule has 0 aliphatic rings. The molecule has 0 bridgehead atoms. The first-order valence-corrected chi connectivity index (χ1v) is 8.29. The molecule has 1 aromatic rings. The van der Waals surface area contributed by atoms with Gasteiger partial charge in [0.2, 0.25) is 9.05 Å². The fraction of sp³-hybridized carbons (Fsp3) is 0.500. The van der Waals surface area contributed by atoms with Gasteiger partial charge in [-0.2, -0.15) is 0 Å². The summed E-state index contributed by atoms with van der Waals surface area (Å²) in [5.74, 6) is -0.121. The van der Waals surface area contributed by atoms with Crippen LogP contribution >= 0.6 is 22.3 Å². The number of hydrogen-bond acceptors (Lipinski definition) is 3. The van der Waals surface area contributed by atoms with E-state index in [1.54, 1.807) is 19.9 Å². The number of benzene rings is 1. The van der Waals surface area contributed by atoms with Gasteiger partial charge in [-0.3, -0.25) is 0 Å². The molecule has 0 aromatic heterocycles. The highest BCUT2D eigenvalue weighted by molar-refractivity contribution is 8.13. The van der Waals surface area contributed by atoms with E-state index in [0.717, 1.165) is 5.56 Å². The summed E-state index contributed by atoms with van der Waals surface area (Å²) in [6, 6.07) is 7.37. The topological polar surface area (TPSA) is 43.4 Å². The van der Waals surface area contributed by atoms with E-state index in [4.69, 9.17) is 27.0 Å². The summed E-state index contributed by atoms with van der Waals surface area (Å²) in [6.45, 7) is 4.23. The molecule has 1 aromatic carbocycles. The van der Waals surface area contributed by atoms with Gasteiger partial charge in [0, 0.05) is 21.1 Å². The predicted molar refractivity (Wildman–Crippen MR) is 74.5 cm³/mol. The number of ether oxygens (including phenoxy) is 1. The zero-order valence-corrected chi connectivity index (χ0v) is 12.6. The molecule has 0 heterocycles. The molecule has 1 rings (SSSR count). The molecule has 0 amide bonds. The molecule has 0 radical (unpaired) electrons. The summed E-state index contributed by atoms with van der Waals surface area (Å²) in [4.78, 5) is 0. The van der Waals surface area contributed by atoms with Crippen LogP contribution in [0.3, 0.4) is 0 Å². The van der Waals surface area contributed by atoms with Crippen molar-refractivity contribution < 1.29 is 13.2 Å². The summed E-state index contributed by atoms with van der Waals surface area (Å²) >= 11 is 5.98. The number of halogens is 2. The summed E-state index contributed by atoms with van der Waals surface area (Å²) < 4.78 is 27.5. The first-order chi connectivity index (χ1) is 8.20. The lowest BCUT2D eigenvalue weighted by Gasteiger charge is -2.22. The fourth-order valence-electron chi connectivity index (χ4n) is 1.56. The third-order valence-electron chi connectivity index (χ3n) is 2.27. The standard InChI is InChI=1S/C12H16Cl2O3S/c1-12(2,9-18(14,15)16)8-17-7-10-5-3-4-6-11(10)13/h3-6H,7-9H2,1-2H3. The van der Waals surface area contributed by atoms with Gasteiger partial charge in [-0.25, -0.2) is 8.42 Å². The smallest absolute Gasteiger partial charge is 0.233 e. The van der Waals surface area contributed by atoms with Crippen molar-refractivity contribution in [1.29, 1.82) is 0 Å². The Kier molecular flexibility index (Phi) is 5.46. The minimum atomic E-state index is -3.52. The lowest BCUT2D eigenvalue weighted by molar-refractivity contribution is 0.0614. The van der Waals surface area contributed by atoms with Crippen LogP contribution in [-0.2, 0) is 20.4 Å². The second-order valence-electron chi connectivity index (χ2n) is 4.93. The van der Waals surface area contributed by atoms with Gasteiger partial charge in [-0.05, 0) is 11.6 Å². The molecule has 3 nitrogen and oxygen atoms in total. The Labute approximate surface area is 117 Å². The molecule has 0 unspecified atom stereocenters. The molecule has 18 heavy (non-hydrogen) atoms. The summed E-state index contributed by atoms with van der Waals surface area (Å²) in [7, 11) is 1.72. The summed E-state index contributed by atoms with van der Waals surface area (Å²) in [5, 5.41) is 0.639. The van der Waals surface area contributed by atoms with E-state index in [2.05, 4.69) is 0 Å². The van der Waals surface area contributed by atoms with Gasteiger partial charge in [-0.15, -0.1) is 0 Å². The summed E-state index contributed by atoms with van der Waals surface area (Å²) in [6.07, 6.45) is 0. The van der Waals surface area contributed by atoms with Crippen LogP contribution in [-0.4, -0.2) is 20.8 Å². The second kappa shape index (κ2) is 6.24. The monoisotopic (exact) mass is 310 g/mol. The Morgan fingerprint density at radius 3 is 2.44 bits per heavy atom. The summed E-state index contributed by atoms with van der Waals surface area (Å²) in [5.41, 5.74) is 0.352. The van der Waals surface area contributed by atoms with E-state index < -0.39 is 14.5 Å². The molecule has 0 aliphatic carbocycles. The highest BCUT2D eigenvalue weighted by Crippen LogP contribution is 2.22. The molecule has 0 N–H and O–H groups in total. The van der Waals surface area contributed by atoms with E-state index in [-0.39, 0.29) is 5.75 Å². The highest BCUT2D eigenvalue weighted by Gasteiger charge is 2.25. The van der Waals surface area contributed by atoms with Gasteiger partial charge in [0.05, 0.1) is 19.0 Å². The van der Waals surface area contributed by atoms with Crippen LogP contribution in [0.2, 0.25) is 5.02 Å². The van der Waals surface area contributed by atoms with Gasteiger partial charge in [0.1, 0.15) is 0 Å². The molecule has 0 aliphatic heterocycles. The molecule has 0 saturated carbocycles. The van der Waals surface area contributed by atoms with Crippen molar-refractivity contribution in [1.82, 2.24) is 0 Å². The maximum Gasteiger partial charge on any atom is 0.233 e. The minimum absolute atomic E-state index is 0.121. The quantitative estimate of drug-likeness (QED) is 0.756. The van der Waals surface area contributed by atoms with E-state index in [1.165, 1.54) is 0 Å². The average Bonchev–Trinajstić information content (AvgIpc) is 2.17. The van der Waals surface area contributed by atoms with Gasteiger partial charge in [-0.1, -0.05) is 43.6 Å². The molecule has 0 atom stereocenters. The van der Waals surface area contributed by atoms with Crippen LogP contribution in [0, 0.1) is 5.41 Å². The van der Waals surface area contributed by atoms with Crippen LogP contribution in [0.25, 0.3) is 0 Å². The zero-order valence-electron chi connectivity index (χ0n) is 10.3. The molecular formula is C12H16Cl2O3S. The van der Waals surface area contributed by atoms with E-state index in [9.17, 15) is 8.42 Å². The number of hydrogen-bond donors (Lipinski definition) is 0. The lowest BCUT2D eigenvalue weighted by atomic mass is 9.98. The Bertz CT molecular complexity index is 498. The number of rotatable bonds is 6. The maximum atomic E-state index is 11.0. The molecule has 102 valence electrons. The van der Waals surface area contributed by atoms with Crippen LogP contribution in [0.4, 0.5) is 0 Å². The normalized spacial score (nSPS) is 12.7. The third kappa shape index (κ3) is 6.05. The van der Waals surface area contributed by atoms with Crippen molar-refractivity contribution in [2.45, 2.75) is 20.5 Å². The molecule has 0 saturated heterocycles. The average molecular weight is 311 g/mol. The third-order valence-corrected chi connectivity index (χ3v) is 4.09. The van der Waals surface area contributed by atoms with Crippen LogP contribution in [0.5, 0.6) is 0 Å². The van der Waals surface area contributed by atoms with Crippen molar-refractivity contribution in [3.63, 3.8) is 0 Å². The molecule has 6 heteroatoms.